The molecule has 0 atom stereocenters. The van der Waals surface area contributed by atoms with Crippen LogP contribution in [0, 0.1) is 13.8 Å². The lowest BCUT2D eigenvalue weighted by Gasteiger charge is -2.03. The number of nitrogens with zero attached hydrogens (tertiary/aromatic N) is 1. The summed E-state index contributed by atoms with van der Waals surface area (Å²) in [6.07, 6.45) is 0. The van der Waals surface area contributed by atoms with Gasteiger partial charge in [-0.3, -0.25) is 10.1 Å². The van der Waals surface area contributed by atoms with E-state index in [9.17, 15) is 9.90 Å². The number of hydrogen-bond acceptors (Lipinski definition) is 4. The van der Waals surface area contributed by atoms with Gasteiger partial charge in [-0.05, 0) is 37.6 Å². The van der Waals surface area contributed by atoms with E-state index in [4.69, 9.17) is 0 Å². The van der Waals surface area contributed by atoms with Crippen LogP contribution in [0.1, 0.15) is 21.6 Å². The molecule has 1 heterocycles. The van der Waals surface area contributed by atoms with Crippen molar-refractivity contribution in [3.63, 3.8) is 0 Å². The SMILES string of the molecule is Cc1cc(O)cc(C(=O)Nc2nc(C)cs2)c1. The molecule has 1 aromatic heterocycles. The number of thiazole rings is 1. The van der Waals surface area contributed by atoms with Crippen molar-refractivity contribution >= 4 is 22.4 Å². The normalized spacial score (nSPS) is 10.2. The lowest BCUT2D eigenvalue weighted by Crippen LogP contribution is -2.11. The Labute approximate surface area is 103 Å². The molecule has 88 valence electrons. The van der Waals surface area contributed by atoms with Crippen molar-refractivity contribution in [3.05, 3.63) is 40.4 Å². The first kappa shape index (κ1) is 11.6. The number of anilines is 1. The first-order valence-electron chi connectivity index (χ1n) is 5.09. The Morgan fingerprint density at radius 3 is 2.71 bits per heavy atom. The zero-order valence-corrected chi connectivity index (χ0v) is 10.3. The van der Waals surface area contributed by atoms with E-state index in [1.54, 1.807) is 12.1 Å². The number of carbonyl (C=O) groups excluding carboxylic acids is 1. The standard InChI is InChI=1S/C12H12N2O2S/c1-7-3-9(5-10(15)4-7)11(16)14-12-13-8(2)6-17-12/h3-6,15H,1-2H3,(H,13,14,16). The Bertz CT molecular complexity index is 543. The van der Waals surface area contributed by atoms with E-state index < -0.39 is 0 Å². The number of nitrogens with one attached hydrogen (secondary N) is 1. The number of phenolic OH excluding ortho intramolecular Hbond substituents is 1. The molecule has 0 aliphatic heterocycles. The minimum Gasteiger partial charge on any atom is -0.508 e. The van der Waals surface area contributed by atoms with Gasteiger partial charge in [0.05, 0.1) is 5.69 Å². The largest absolute Gasteiger partial charge is 0.508 e. The number of benzene rings is 1. The van der Waals surface area contributed by atoms with Crippen molar-refractivity contribution in [1.82, 2.24) is 4.98 Å². The summed E-state index contributed by atoms with van der Waals surface area (Å²) in [4.78, 5) is 16.0. The molecule has 0 bridgehead atoms. The molecule has 0 saturated heterocycles. The maximum atomic E-state index is 11.9. The van der Waals surface area contributed by atoms with Gasteiger partial charge in [0.1, 0.15) is 5.75 Å². The number of carbonyl (C=O) groups is 1. The van der Waals surface area contributed by atoms with Gasteiger partial charge in [0.15, 0.2) is 5.13 Å². The van der Waals surface area contributed by atoms with Gasteiger partial charge in [-0.2, -0.15) is 0 Å². The number of phenols is 1. The van der Waals surface area contributed by atoms with Crippen LogP contribution in [0.5, 0.6) is 5.75 Å². The maximum Gasteiger partial charge on any atom is 0.257 e. The molecule has 4 nitrogen and oxygen atoms in total. The topological polar surface area (TPSA) is 62.2 Å². The third-order valence-electron chi connectivity index (χ3n) is 2.16. The van der Waals surface area contributed by atoms with Crippen LogP contribution in [0.2, 0.25) is 0 Å². The van der Waals surface area contributed by atoms with E-state index in [1.165, 1.54) is 17.4 Å². The first-order chi connectivity index (χ1) is 8.04. The number of amides is 1. The van der Waals surface area contributed by atoms with E-state index in [1.807, 2.05) is 19.2 Å². The van der Waals surface area contributed by atoms with Gasteiger partial charge in [0, 0.05) is 10.9 Å². The number of hydrogen-bond donors (Lipinski definition) is 2. The summed E-state index contributed by atoms with van der Waals surface area (Å²) in [5.41, 5.74) is 2.14. The van der Waals surface area contributed by atoms with Gasteiger partial charge in [-0.25, -0.2) is 4.98 Å². The molecule has 0 unspecified atom stereocenters. The van der Waals surface area contributed by atoms with Gasteiger partial charge >= 0.3 is 0 Å². The molecule has 2 aromatic rings. The van der Waals surface area contributed by atoms with Crippen molar-refractivity contribution in [3.8, 4) is 5.75 Å². The Kier molecular flexibility index (Phi) is 3.10. The molecule has 0 aliphatic carbocycles. The smallest absolute Gasteiger partial charge is 0.257 e. The highest BCUT2D eigenvalue weighted by molar-refractivity contribution is 7.13. The Balaban J connectivity index is 2.19. The van der Waals surface area contributed by atoms with Crippen molar-refractivity contribution < 1.29 is 9.90 Å². The van der Waals surface area contributed by atoms with Crippen molar-refractivity contribution in [2.75, 3.05) is 5.32 Å². The Morgan fingerprint density at radius 2 is 2.12 bits per heavy atom. The zero-order chi connectivity index (χ0) is 12.4. The van der Waals surface area contributed by atoms with Gasteiger partial charge in [-0.15, -0.1) is 11.3 Å². The number of aryl methyl sites for hydroxylation is 2. The monoisotopic (exact) mass is 248 g/mol. The van der Waals surface area contributed by atoms with E-state index in [0.717, 1.165) is 11.3 Å². The fraction of sp³-hybridized carbons (Fsp3) is 0.167. The average Bonchev–Trinajstić information content (AvgIpc) is 2.62. The second-order valence-corrected chi connectivity index (χ2v) is 4.66. The van der Waals surface area contributed by atoms with Crippen LogP contribution < -0.4 is 5.32 Å². The van der Waals surface area contributed by atoms with Crippen LogP contribution in [0.25, 0.3) is 0 Å². The molecular formula is C12H12N2O2S. The first-order valence-corrected chi connectivity index (χ1v) is 5.97. The number of aromatic nitrogens is 1. The molecule has 0 radical (unpaired) electrons. The fourth-order valence-corrected chi connectivity index (χ4v) is 2.16. The van der Waals surface area contributed by atoms with E-state index >= 15 is 0 Å². The van der Waals surface area contributed by atoms with Crippen molar-refractivity contribution in [2.24, 2.45) is 0 Å². The maximum absolute atomic E-state index is 11.9. The third-order valence-corrected chi connectivity index (χ3v) is 3.04. The number of aromatic hydroxyl groups is 1. The highest BCUT2D eigenvalue weighted by atomic mass is 32.1. The van der Waals surface area contributed by atoms with E-state index in [-0.39, 0.29) is 11.7 Å². The van der Waals surface area contributed by atoms with Crippen LogP contribution in [-0.2, 0) is 0 Å². The summed E-state index contributed by atoms with van der Waals surface area (Å²) in [7, 11) is 0. The molecule has 5 heteroatoms. The number of rotatable bonds is 2. The van der Waals surface area contributed by atoms with Crippen molar-refractivity contribution in [2.45, 2.75) is 13.8 Å². The molecule has 2 rings (SSSR count). The average molecular weight is 248 g/mol. The molecule has 1 aromatic carbocycles. The van der Waals surface area contributed by atoms with Gasteiger partial charge in [-0.1, -0.05) is 0 Å². The molecule has 17 heavy (non-hydrogen) atoms. The minimum absolute atomic E-state index is 0.0884. The summed E-state index contributed by atoms with van der Waals surface area (Å²) in [6, 6.07) is 4.75. The zero-order valence-electron chi connectivity index (χ0n) is 9.52. The van der Waals surface area contributed by atoms with Crippen LogP contribution >= 0.6 is 11.3 Å². The lowest BCUT2D eigenvalue weighted by atomic mass is 10.1. The van der Waals surface area contributed by atoms with E-state index in [2.05, 4.69) is 10.3 Å². The molecular weight excluding hydrogens is 236 g/mol. The van der Waals surface area contributed by atoms with Gasteiger partial charge in [0.25, 0.3) is 5.91 Å². The third kappa shape index (κ3) is 2.82. The summed E-state index contributed by atoms with van der Waals surface area (Å²) < 4.78 is 0. The molecule has 2 N–H and O–H groups in total. The van der Waals surface area contributed by atoms with Crippen LogP contribution in [0.3, 0.4) is 0 Å². The predicted octanol–water partition coefficient (Wildman–Crippen LogP) is 2.72. The van der Waals surface area contributed by atoms with Crippen molar-refractivity contribution in [1.29, 1.82) is 0 Å². The summed E-state index contributed by atoms with van der Waals surface area (Å²) in [5, 5.41) is 14.5. The second kappa shape index (κ2) is 4.55. The molecule has 0 aliphatic rings. The second-order valence-electron chi connectivity index (χ2n) is 3.81. The van der Waals surface area contributed by atoms with E-state index in [0.29, 0.717) is 10.7 Å². The summed E-state index contributed by atoms with van der Waals surface area (Å²) in [6.45, 7) is 3.69. The quantitative estimate of drug-likeness (QED) is 0.859. The summed E-state index contributed by atoms with van der Waals surface area (Å²) in [5.74, 6) is -0.177. The molecule has 0 fully saturated rings. The Morgan fingerprint density at radius 1 is 1.35 bits per heavy atom. The minimum atomic E-state index is -0.265. The molecule has 0 saturated carbocycles. The van der Waals surface area contributed by atoms with Crippen LogP contribution in [-0.4, -0.2) is 16.0 Å². The summed E-state index contributed by atoms with van der Waals surface area (Å²) >= 11 is 1.38. The van der Waals surface area contributed by atoms with Gasteiger partial charge in [0.2, 0.25) is 0 Å². The lowest BCUT2D eigenvalue weighted by molar-refractivity contribution is 0.102. The fourth-order valence-electron chi connectivity index (χ4n) is 1.47. The Hall–Kier alpha value is -1.88. The predicted molar refractivity (Wildman–Crippen MR) is 67.6 cm³/mol. The van der Waals surface area contributed by atoms with Gasteiger partial charge < -0.3 is 5.11 Å². The molecule has 1 amide bonds. The highest BCUT2D eigenvalue weighted by Crippen LogP contribution is 2.18. The highest BCUT2D eigenvalue weighted by Gasteiger charge is 2.09. The van der Waals surface area contributed by atoms with Crippen LogP contribution in [0.15, 0.2) is 23.6 Å². The van der Waals surface area contributed by atoms with Crippen LogP contribution in [0.4, 0.5) is 5.13 Å². The molecule has 0 spiro atoms.